The summed E-state index contributed by atoms with van der Waals surface area (Å²) in [5, 5.41) is 17.3. The Kier molecular flexibility index (Phi) is 6.70. The Bertz CT molecular complexity index is 1820. The van der Waals surface area contributed by atoms with Gasteiger partial charge in [-0.2, -0.15) is 0 Å². The van der Waals surface area contributed by atoms with Gasteiger partial charge >= 0.3 is 0 Å². The normalized spacial score (nSPS) is 24.1. The molecule has 1 unspecified atom stereocenters. The minimum atomic E-state index is -1.16. The van der Waals surface area contributed by atoms with Crippen LogP contribution in [0, 0.1) is 24.2 Å². The maximum absolute atomic E-state index is 14.1. The van der Waals surface area contributed by atoms with Crippen LogP contribution in [0.1, 0.15) is 81.1 Å². The Morgan fingerprint density at radius 1 is 1.11 bits per heavy atom. The third-order valence-corrected chi connectivity index (χ3v) is 9.23. The summed E-state index contributed by atoms with van der Waals surface area (Å²) in [6.45, 7) is 11.4. The molecule has 4 aromatic rings. The molecule has 2 aromatic heterocycles. The van der Waals surface area contributed by atoms with Gasteiger partial charge in [0.05, 0.1) is 5.69 Å². The lowest BCUT2D eigenvalue weighted by Crippen LogP contribution is -2.42. The summed E-state index contributed by atoms with van der Waals surface area (Å²) in [7, 11) is 0. The molecule has 3 aliphatic heterocycles. The smallest absolute Gasteiger partial charge is 0.249 e. The van der Waals surface area contributed by atoms with E-state index >= 15 is 0 Å². The fourth-order valence-electron chi connectivity index (χ4n) is 6.87. The summed E-state index contributed by atoms with van der Waals surface area (Å²) >= 11 is 0. The highest BCUT2D eigenvalue weighted by Crippen LogP contribution is 2.59. The van der Waals surface area contributed by atoms with Crippen molar-refractivity contribution in [2.75, 3.05) is 5.32 Å². The maximum Gasteiger partial charge on any atom is 0.249 e. The summed E-state index contributed by atoms with van der Waals surface area (Å²) in [4.78, 5) is 36.9. The average Bonchev–Trinajstić information content (AvgIpc) is 3.74. The van der Waals surface area contributed by atoms with Crippen molar-refractivity contribution >= 4 is 17.4 Å². The Labute approximate surface area is 261 Å². The van der Waals surface area contributed by atoms with Crippen molar-refractivity contribution in [3.05, 3.63) is 82.8 Å². The van der Waals surface area contributed by atoms with Gasteiger partial charge < -0.3 is 29.3 Å². The molecule has 1 spiro atoms. The highest BCUT2D eigenvalue weighted by Gasteiger charge is 2.61. The first-order chi connectivity index (χ1) is 21.4. The number of para-hydroxylation sites is 1. The van der Waals surface area contributed by atoms with Crippen molar-refractivity contribution in [1.82, 2.24) is 15.3 Å². The number of oxazole rings is 2. The average molecular weight is 611 g/mol. The summed E-state index contributed by atoms with van der Waals surface area (Å²) < 4.78 is 19.4. The standard InChI is InChI=1S/C35H38N4O6/c1-17(2)27(41)24(40)15-20-13-19-11-12-25-22(14-19)35(21-9-7-8-10-23(21)37-33(35)44-25)29-26(31-36-18(3)16-43-31)38-32(45-29)28(34(4,5)6)39-30(20)42/h7-12,14,16-17,20,27-28,33,37,41H,13,15H2,1-6H3,(H,39,42)/t20-,27+,28-,33+,35?/m1/s1. The molecular formula is C35H38N4O6. The summed E-state index contributed by atoms with van der Waals surface area (Å²) in [5.74, 6) is 0.111. The Morgan fingerprint density at radius 3 is 2.60 bits per heavy atom. The Hall–Kier alpha value is -4.44. The van der Waals surface area contributed by atoms with E-state index in [4.69, 9.17) is 18.6 Å². The number of aliphatic hydroxyl groups excluding tert-OH is 1. The summed E-state index contributed by atoms with van der Waals surface area (Å²) in [6.07, 6.45) is 0.0500. The van der Waals surface area contributed by atoms with Crippen LogP contribution in [0.5, 0.6) is 5.75 Å². The van der Waals surface area contributed by atoms with E-state index in [0.29, 0.717) is 41.1 Å². The second kappa shape index (κ2) is 10.3. The largest absolute Gasteiger partial charge is 0.469 e. The van der Waals surface area contributed by atoms with Gasteiger partial charge in [-0.15, -0.1) is 0 Å². The number of rotatable bonds is 5. The Morgan fingerprint density at radius 2 is 1.89 bits per heavy atom. The lowest BCUT2D eigenvalue weighted by molar-refractivity contribution is -0.135. The minimum absolute atomic E-state index is 0.106. The molecule has 1 amide bonds. The molecule has 3 N–H and O–H groups in total. The number of ether oxygens (including phenoxy) is 1. The van der Waals surface area contributed by atoms with Gasteiger partial charge in [0.2, 0.25) is 17.7 Å². The van der Waals surface area contributed by atoms with Crippen LogP contribution in [0.15, 0.2) is 57.6 Å². The van der Waals surface area contributed by atoms with Crippen LogP contribution in [0.3, 0.4) is 0 Å². The molecule has 0 fully saturated rings. The van der Waals surface area contributed by atoms with Crippen LogP contribution in [0.25, 0.3) is 11.6 Å². The van der Waals surface area contributed by atoms with Gasteiger partial charge in [-0.05, 0) is 47.9 Å². The van der Waals surface area contributed by atoms with Gasteiger partial charge in [0.25, 0.3) is 0 Å². The van der Waals surface area contributed by atoms with Gasteiger partial charge in [-0.25, -0.2) is 9.97 Å². The number of aliphatic hydroxyl groups is 1. The van der Waals surface area contributed by atoms with E-state index in [1.165, 1.54) is 0 Å². The highest BCUT2D eigenvalue weighted by molar-refractivity contribution is 5.89. The third-order valence-electron chi connectivity index (χ3n) is 9.23. The molecule has 7 rings (SSSR count). The number of ketones is 1. The van der Waals surface area contributed by atoms with Crippen molar-refractivity contribution in [3.63, 3.8) is 0 Å². The number of Topliss-reactive ketones (excluding diaryl/α,β-unsaturated/α-hetero) is 1. The van der Waals surface area contributed by atoms with E-state index < -0.39 is 35.1 Å². The third kappa shape index (κ3) is 4.57. The first kappa shape index (κ1) is 29.3. The number of nitrogens with zero attached hydrogens (tertiary/aromatic N) is 2. The fraction of sp³-hybridized carbons (Fsp3) is 0.429. The molecule has 3 aliphatic rings. The first-order valence-corrected chi connectivity index (χ1v) is 15.5. The highest BCUT2D eigenvalue weighted by atomic mass is 16.5. The zero-order valence-electron chi connectivity index (χ0n) is 26.3. The van der Waals surface area contributed by atoms with E-state index in [9.17, 15) is 14.7 Å². The van der Waals surface area contributed by atoms with Crippen molar-refractivity contribution in [2.45, 2.75) is 78.2 Å². The number of amides is 1. The molecule has 0 radical (unpaired) electrons. The van der Waals surface area contributed by atoms with Gasteiger partial charge in [0, 0.05) is 23.6 Å². The number of benzene rings is 2. The molecule has 5 heterocycles. The number of carbonyl (C=O) groups is 2. The number of hydrogen-bond donors (Lipinski definition) is 3. The maximum atomic E-state index is 14.1. The van der Waals surface area contributed by atoms with Crippen molar-refractivity contribution in [3.8, 4) is 17.3 Å². The second-order valence-electron chi connectivity index (χ2n) is 13.9. The molecule has 45 heavy (non-hydrogen) atoms. The molecule has 10 heteroatoms. The van der Waals surface area contributed by atoms with Crippen LogP contribution >= 0.6 is 0 Å². The first-order valence-electron chi connectivity index (χ1n) is 15.5. The van der Waals surface area contributed by atoms with Crippen LogP contribution in [0.4, 0.5) is 5.69 Å². The van der Waals surface area contributed by atoms with Gasteiger partial charge in [0.1, 0.15) is 29.6 Å². The topological polar surface area (TPSA) is 140 Å². The number of anilines is 1. The molecule has 0 aliphatic carbocycles. The second-order valence-corrected chi connectivity index (χ2v) is 13.9. The number of nitrogens with one attached hydrogen (secondary N) is 2. The van der Waals surface area contributed by atoms with Crippen LogP contribution < -0.4 is 15.4 Å². The van der Waals surface area contributed by atoms with Crippen molar-refractivity contribution in [1.29, 1.82) is 0 Å². The van der Waals surface area contributed by atoms with E-state index in [-0.39, 0.29) is 24.0 Å². The van der Waals surface area contributed by atoms with Crippen molar-refractivity contribution in [2.24, 2.45) is 17.3 Å². The summed E-state index contributed by atoms with van der Waals surface area (Å²) in [6, 6.07) is 13.2. The number of aryl methyl sites for hydroxylation is 1. The molecule has 4 bridgehead atoms. The van der Waals surface area contributed by atoms with Crippen LogP contribution in [-0.2, 0) is 21.4 Å². The molecule has 0 saturated heterocycles. The monoisotopic (exact) mass is 610 g/mol. The number of carbonyl (C=O) groups excluding carboxylic acids is 2. The zero-order valence-corrected chi connectivity index (χ0v) is 26.3. The lowest BCUT2D eigenvalue weighted by Gasteiger charge is -2.32. The van der Waals surface area contributed by atoms with E-state index in [1.807, 2.05) is 64.1 Å². The quantitative estimate of drug-likeness (QED) is 0.268. The molecule has 2 aromatic carbocycles. The Balaban J connectivity index is 1.50. The number of hydrogen-bond acceptors (Lipinski definition) is 9. The lowest BCUT2D eigenvalue weighted by atomic mass is 9.72. The predicted octanol–water partition coefficient (Wildman–Crippen LogP) is 5.47. The predicted molar refractivity (Wildman–Crippen MR) is 166 cm³/mol. The fourth-order valence-corrected chi connectivity index (χ4v) is 6.87. The number of fused-ring (bicyclic) bond motifs is 4. The summed E-state index contributed by atoms with van der Waals surface area (Å²) in [5.41, 5.74) is 3.20. The van der Waals surface area contributed by atoms with Crippen LogP contribution in [-0.4, -0.2) is 39.1 Å². The van der Waals surface area contributed by atoms with Crippen LogP contribution in [0.2, 0.25) is 0 Å². The molecule has 10 nitrogen and oxygen atoms in total. The SMILES string of the molecule is Cc1coc(-c2nc3oc2C24c5ccccc5N[C@H]2Oc2ccc(cc24)C[C@H](CC(=O)[C@@H](O)C(C)C)C(=O)N[C@H]3C(C)(C)C)n1. The van der Waals surface area contributed by atoms with Gasteiger partial charge in [-0.1, -0.05) is 65.0 Å². The van der Waals surface area contributed by atoms with E-state index in [0.717, 1.165) is 22.4 Å². The van der Waals surface area contributed by atoms with Crippen molar-refractivity contribution < 1.29 is 28.3 Å². The molecular weight excluding hydrogens is 572 g/mol. The zero-order chi connectivity index (χ0) is 31.8. The molecule has 0 saturated carbocycles. The van der Waals surface area contributed by atoms with Gasteiger partial charge in [-0.3, -0.25) is 9.59 Å². The molecule has 5 atom stereocenters. The van der Waals surface area contributed by atoms with Gasteiger partial charge in [0.15, 0.2) is 23.5 Å². The minimum Gasteiger partial charge on any atom is -0.469 e. The number of aromatic nitrogens is 2. The molecule has 234 valence electrons. The van der Waals surface area contributed by atoms with E-state index in [1.54, 1.807) is 20.1 Å². The van der Waals surface area contributed by atoms with E-state index in [2.05, 4.69) is 21.7 Å².